The molecule has 0 atom stereocenters. The predicted molar refractivity (Wildman–Crippen MR) is 90.4 cm³/mol. The molecule has 0 fully saturated rings. The summed E-state index contributed by atoms with van der Waals surface area (Å²) in [7, 11) is 0. The van der Waals surface area contributed by atoms with Crippen molar-refractivity contribution in [3.05, 3.63) is 65.2 Å². The minimum absolute atomic E-state index is 0.150. The Balaban J connectivity index is 0.000000220. The van der Waals surface area contributed by atoms with Crippen molar-refractivity contribution in [2.45, 2.75) is 34.1 Å². The number of rotatable bonds is 3. The molecule has 0 bridgehead atoms. The van der Waals surface area contributed by atoms with Gasteiger partial charge < -0.3 is 5.73 Å². The maximum Gasteiger partial charge on any atom is 0.164 e. The van der Waals surface area contributed by atoms with Crippen LogP contribution in [0, 0.1) is 13.8 Å². The third-order valence-corrected chi connectivity index (χ3v) is 3.11. The van der Waals surface area contributed by atoms with Crippen LogP contribution in [0.15, 0.2) is 42.7 Å². The van der Waals surface area contributed by atoms with Crippen LogP contribution in [-0.2, 0) is 0 Å². The summed E-state index contributed by atoms with van der Waals surface area (Å²) in [6.07, 6.45) is 5.82. The summed E-state index contributed by atoms with van der Waals surface area (Å²) in [5.74, 6) is 0.150. The standard InChI is InChI=1S/C9H12N2.C9H11NO/c1-3-9(10)8-5-4-7(2)11-6-8;1-3-9(11)8-5-4-7(2)10-6-8/h3-6H,10H2,1-2H3;4-6H,3H2,1-2H3/b9-3-;. The van der Waals surface area contributed by atoms with Crippen molar-refractivity contribution in [1.29, 1.82) is 0 Å². The molecule has 0 aromatic carbocycles. The monoisotopic (exact) mass is 297 g/mol. The average molecular weight is 297 g/mol. The van der Waals surface area contributed by atoms with Gasteiger partial charge in [0, 0.05) is 47.0 Å². The Morgan fingerprint density at radius 1 is 1.05 bits per heavy atom. The average Bonchev–Trinajstić information content (AvgIpc) is 2.55. The quantitative estimate of drug-likeness (QED) is 0.877. The summed E-state index contributed by atoms with van der Waals surface area (Å²) in [4.78, 5) is 19.2. The smallest absolute Gasteiger partial charge is 0.164 e. The Bertz CT molecular complexity index is 628. The van der Waals surface area contributed by atoms with E-state index in [1.807, 2.05) is 58.0 Å². The van der Waals surface area contributed by atoms with Crippen LogP contribution in [0.3, 0.4) is 0 Å². The normalized spacial score (nSPS) is 10.6. The summed E-state index contributed by atoms with van der Waals surface area (Å²) in [6, 6.07) is 7.58. The fraction of sp³-hybridized carbons (Fsp3) is 0.278. The van der Waals surface area contributed by atoms with Crippen molar-refractivity contribution in [2.75, 3.05) is 0 Å². The molecule has 2 rings (SSSR count). The van der Waals surface area contributed by atoms with Gasteiger partial charge in [-0.3, -0.25) is 14.8 Å². The first-order valence-corrected chi connectivity index (χ1v) is 7.28. The maximum atomic E-state index is 11.1. The van der Waals surface area contributed by atoms with Crippen LogP contribution in [0.2, 0.25) is 0 Å². The number of allylic oxidation sites excluding steroid dienone is 1. The van der Waals surface area contributed by atoms with E-state index in [0.717, 1.165) is 22.6 Å². The highest BCUT2D eigenvalue weighted by molar-refractivity contribution is 5.95. The number of nitrogens with zero attached hydrogens (tertiary/aromatic N) is 2. The van der Waals surface area contributed by atoms with E-state index in [-0.39, 0.29) is 5.78 Å². The molecule has 22 heavy (non-hydrogen) atoms. The Hall–Kier alpha value is -2.49. The lowest BCUT2D eigenvalue weighted by molar-refractivity contribution is 0.0988. The Labute approximate surface area is 132 Å². The van der Waals surface area contributed by atoms with Crippen LogP contribution in [0.1, 0.15) is 47.6 Å². The van der Waals surface area contributed by atoms with Crippen molar-refractivity contribution in [2.24, 2.45) is 5.73 Å². The number of carbonyl (C=O) groups is 1. The van der Waals surface area contributed by atoms with Crippen LogP contribution in [0.5, 0.6) is 0 Å². The minimum Gasteiger partial charge on any atom is -0.398 e. The lowest BCUT2D eigenvalue weighted by atomic mass is 10.1. The number of aryl methyl sites for hydroxylation is 2. The Kier molecular flexibility index (Phi) is 6.96. The molecule has 2 heterocycles. The predicted octanol–water partition coefficient (Wildman–Crippen LogP) is 3.69. The molecule has 4 heteroatoms. The molecule has 2 aromatic rings. The van der Waals surface area contributed by atoms with E-state index in [4.69, 9.17) is 5.73 Å². The van der Waals surface area contributed by atoms with E-state index < -0.39 is 0 Å². The molecule has 0 aliphatic carbocycles. The summed E-state index contributed by atoms with van der Waals surface area (Å²) in [5, 5.41) is 0. The van der Waals surface area contributed by atoms with Gasteiger partial charge in [-0.2, -0.15) is 0 Å². The van der Waals surface area contributed by atoms with Crippen LogP contribution >= 0.6 is 0 Å². The number of hydrogen-bond acceptors (Lipinski definition) is 4. The lowest BCUT2D eigenvalue weighted by Crippen LogP contribution is -1.97. The third kappa shape index (κ3) is 5.48. The summed E-state index contributed by atoms with van der Waals surface area (Å²) < 4.78 is 0. The van der Waals surface area contributed by atoms with Gasteiger partial charge >= 0.3 is 0 Å². The van der Waals surface area contributed by atoms with E-state index in [1.54, 1.807) is 12.4 Å². The van der Waals surface area contributed by atoms with Gasteiger partial charge in [0.25, 0.3) is 0 Å². The topological polar surface area (TPSA) is 68.9 Å². The number of nitrogens with two attached hydrogens (primary N) is 1. The summed E-state index contributed by atoms with van der Waals surface area (Å²) in [5.41, 5.74) is 10.1. The largest absolute Gasteiger partial charge is 0.398 e. The number of carbonyl (C=O) groups excluding carboxylic acids is 1. The molecular weight excluding hydrogens is 274 g/mol. The zero-order valence-corrected chi connectivity index (χ0v) is 13.6. The molecule has 0 aliphatic rings. The molecule has 0 aliphatic heterocycles. The summed E-state index contributed by atoms with van der Waals surface area (Å²) in [6.45, 7) is 7.62. The Morgan fingerprint density at radius 3 is 1.91 bits per heavy atom. The van der Waals surface area contributed by atoms with Crippen molar-refractivity contribution >= 4 is 11.5 Å². The molecule has 2 N–H and O–H groups in total. The number of aromatic nitrogens is 2. The summed E-state index contributed by atoms with van der Waals surface area (Å²) >= 11 is 0. The number of Topliss-reactive ketones (excluding diaryl/α,β-unsaturated/α-hetero) is 1. The number of ketones is 1. The second kappa shape index (κ2) is 8.72. The molecule has 2 aromatic heterocycles. The van der Waals surface area contributed by atoms with Crippen LogP contribution < -0.4 is 5.73 Å². The van der Waals surface area contributed by atoms with Crippen molar-refractivity contribution < 1.29 is 4.79 Å². The van der Waals surface area contributed by atoms with E-state index >= 15 is 0 Å². The first-order valence-electron chi connectivity index (χ1n) is 7.28. The van der Waals surface area contributed by atoms with Gasteiger partial charge in [0.05, 0.1) is 0 Å². The molecule has 0 saturated carbocycles. The highest BCUT2D eigenvalue weighted by Gasteiger charge is 2.01. The van der Waals surface area contributed by atoms with Crippen LogP contribution in [-0.4, -0.2) is 15.8 Å². The second-order valence-electron chi connectivity index (χ2n) is 4.90. The zero-order valence-electron chi connectivity index (χ0n) is 13.6. The first-order chi connectivity index (χ1) is 10.5. The second-order valence-corrected chi connectivity index (χ2v) is 4.90. The number of hydrogen-bond donors (Lipinski definition) is 1. The third-order valence-electron chi connectivity index (χ3n) is 3.11. The molecule has 116 valence electrons. The molecule has 0 saturated heterocycles. The molecule has 0 spiro atoms. The van der Waals surface area contributed by atoms with Gasteiger partial charge in [0.1, 0.15) is 0 Å². The van der Waals surface area contributed by atoms with Crippen LogP contribution in [0.25, 0.3) is 5.70 Å². The van der Waals surface area contributed by atoms with Gasteiger partial charge in [-0.1, -0.05) is 13.0 Å². The van der Waals surface area contributed by atoms with Crippen LogP contribution in [0.4, 0.5) is 0 Å². The molecule has 0 amide bonds. The highest BCUT2D eigenvalue weighted by Crippen LogP contribution is 2.06. The molecule has 0 unspecified atom stereocenters. The fourth-order valence-corrected chi connectivity index (χ4v) is 1.64. The molecule has 0 radical (unpaired) electrons. The molecular formula is C18H23N3O. The first kappa shape index (κ1) is 17.6. The zero-order chi connectivity index (χ0) is 16.5. The van der Waals surface area contributed by atoms with Gasteiger partial charge in [-0.25, -0.2) is 0 Å². The highest BCUT2D eigenvalue weighted by atomic mass is 16.1. The number of pyridine rings is 2. The fourth-order valence-electron chi connectivity index (χ4n) is 1.64. The van der Waals surface area contributed by atoms with E-state index in [9.17, 15) is 4.79 Å². The molecule has 4 nitrogen and oxygen atoms in total. The van der Waals surface area contributed by atoms with Gasteiger partial charge in [0.2, 0.25) is 0 Å². The lowest BCUT2D eigenvalue weighted by Gasteiger charge is -1.99. The van der Waals surface area contributed by atoms with Gasteiger partial charge in [-0.05, 0) is 45.0 Å². The Morgan fingerprint density at radius 2 is 1.55 bits per heavy atom. The van der Waals surface area contributed by atoms with Crippen molar-refractivity contribution in [3.63, 3.8) is 0 Å². The van der Waals surface area contributed by atoms with Gasteiger partial charge in [-0.15, -0.1) is 0 Å². The van der Waals surface area contributed by atoms with E-state index in [0.29, 0.717) is 12.0 Å². The maximum absolute atomic E-state index is 11.1. The van der Waals surface area contributed by atoms with Crippen molar-refractivity contribution in [3.8, 4) is 0 Å². The van der Waals surface area contributed by atoms with Gasteiger partial charge in [0.15, 0.2) is 5.78 Å². The SMILES string of the molecule is C/C=C(\N)c1ccc(C)nc1.CCC(=O)c1ccc(C)nc1. The van der Waals surface area contributed by atoms with E-state index in [1.165, 1.54) is 0 Å². The van der Waals surface area contributed by atoms with Crippen molar-refractivity contribution in [1.82, 2.24) is 9.97 Å². The minimum atomic E-state index is 0.150. The van der Waals surface area contributed by atoms with E-state index in [2.05, 4.69) is 9.97 Å².